The first kappa shape index (κ1) is 25.5. The molecule has 0 bridgehead atoms. The summed E-state index contributed by atoms with van der Waals surface area (Å²) < 4.78 is 21.1. The van der Waals surface area contributed by atoms with Crippen molar-refractivity contribution < 1.29 is 43.2 Å². The molecule has 0 radical (unpaired) electrons. The van der Waals surface area contributed by atoms with Gasteiger partial charge in [-0.05, 0) is 18.9 Å². The fourth-order valence-electron chi connectivity index (χ4n) is 3.67. The Labute approximate surface area is 201 Å². The number of hydrogen-bond acceptors (Lipinski definition) is 10. The molecular weight excluding hydrogens is 460 g/mol. The predicted octanol–water partition coefficient (Wildman–Crippen LogP) is 1.17. The quantitative estimate of drug-likeness (QED) is 0.450. The third-order valence-corrected chi connectivity index (χ3v) is 5.37. The molecule has 1 aromatic carbocycles. The number of esters is 3. The summed E-state index contributed by atoms with van der Waals surface area (Å²) in [7, 11) is 1.30. The molecule has 1 aromatic heterocycles. The molecule has 1 amide bonds. The molecular formula is C24H26N2O9. The summed E-state index contributed by atoms with van der Waals surface area (Å²) >= 11 is 0. The fourth-order valence-corrected chi connectivity index (χ4v) is 3.67. The van der Waals surface area contributed by atoms with Crippen LogP contribution in [0.4, 0.5) is 0 Å². The topological polar surface area (TPSA) is 150 Å². The molecule has 186 valence electrons. The van der Waals surface area contributed by atoms with Crippen molar-refractivity contribution in [3.63, 3.8) is 0 Å². The molecule has 2 N–H and O–H groups in total. The van der Waals surface area contributed by atoms with Crippen LogP contribution in [0.1, 0.15) is 29.9 Å². The Morgan fingerprint density at radius 1 is 1.17 bits per heavy atom. The predicted molar refractivity (Wildman–Crippen MR) is 119 cm³/mol. The summed E-state index contributed by atoms with van der Waals surface area (Å²) in [5, 5.41) is 12.5. The molecule has 35 heavy (non-hydrogen) atoms. The molecule has 0 unspecified atom stereocenters. The van der Waals surface area contributed by atoms with Gasteiger partial charge in [-0.2, -0.15) is 0 Å². The third kappa shape index (κ3) is 6.25. The number of hydrogen-bond donors (Lipinski definition) is 2. The lowest BCUT2D eigenvalue weighted by molar-refractivity contribution is -0.173. The Balaban J connectivity index is 1.85. The van der Waals surface area contributed by atoms with Gasteiger partial charge in [0.15, 0.2) is 29.3 Å². The second-order valence-electron chi connectivity index (χ2n) is 7.88. The minimum atomic E-state index is -1.41. The number of carbonyl (C=O) groups is 4. The zero-order valence-electron chi connectivity index (χ0n) is 19.4. The van der Waals surface area contributed by atoms with Gasteiger partial charge in [0.1, 0.15) is 18.6 Å². The Bertz CT molecular complexity index is 1090. The van der Waals surface area contributed by atoms with Crippen LogP contribution in [0.3, 0.4) is 0 Å². The zero-order valence-corrected chi connectivity index (χ0v) is 19.4. The largest absolute Gasteiger partial charge is 0.503 e. The number of cyclic esters (lactones) is 2. The standard InChI is InChI=1S/C24H26N2O9/c1-13-21(35-14(2)27)16(11-15-7-5-4-6-8-15)23(30)33-12-17(24(31)34-13)26-22(29)19-20(28)18(32-3)9-10-25-19/h4-10,13,16-17,21,28H,11-12H2,1-3H3,(H,26,29)/t13-,16+,17-,21-/m0/s1. The van der Waals surface area contributed by atoms with Gasteiger partial charge in [-0.3, -0.25) is 14.4 Å². The zero-order chi connectivity index (χ0) is 25.5. The van der Waals surface area contributed by atoms with Crippen molar-refractivity contribution in [2.45, 2.75) is 38.5 Å². The van der Waals surface area contributed by atoms with Crippen LogP contribution < -0.4 is 10.1 Å². The molecule has 0 aliphatic carbocycles. The molecule has 1 aliphatic rings. The smallest absolute Gasteiger partial charge is 0.332 e. The van der Waals surface area contributed by atoms with E-state index < -0.39 is 66.0 Å². The number of pyridine rings is 1. The highest BCUT2D eigenvalue weighted by atomic mass is 16.6. The van der Waals surface area contributed by atoms with Crippen LogP contribution in [-0.2, 0) is 35.0 Å². The monoisotopic (exact) mass is 486 g/mol. The van der Waals surface area contributed by atoms with E-state index in [0.29, 0.717) is 0 Å². The van der Waals surface area contributed by atoms with Crippen molar-refractivity contribution >= 4 is 23.8 Å². The van der Waals surface area contributed by atoms with E-state index in [1.54, 1.807) is 24.3 Å². The summed E-state index contributed by atoms with van der Waals surface area (Å²) in [6, 6.07) is 8.97. The molecule has 2 aromatic rings. The van der Waals surface area contributed by atoms with Gasteiger partial charge >= 0.3 is 17.9 Å². The van der Waals surface area contributed by atoms with Crippen molar-refractivity contribution in [2.75, 3.05) is 13.7 Å². The van der Waals surface area contributed by atoms with Crippen LogP contribution in [0.2, 0.25) is 0 Å². The molecule has 11 heteroatoms. The number of aromatic nitrogens is 1. The van der Waals surface area contributed by atoms with Crippen LogP contribution in [0.25, 0.3) is 0 Å². The van der Waals surface area contributed by atoms with Gasteiger partial charge in [0.2, 0.25) is 0 Å². The lowest BCUT2D eigenvalue weighted by Crippen LogP contribution is -2.46. The van der Waals surface area contributed by atoms with Crippen LogP contribution in [-0.4, -0.2) is 65.9 Å². The van der Waals surface area contributed by atoms with Gasteiger partial charge in [-0.15, -0.1) is 0 Å². The van der Waals surface area contributed by atoms with E-state index >= 15 is 0 Å². The van der Waals surface area contributed by atoms with Crippen molar-refractivity contribution in [2.24, 2.45) is 5.92 Å². The van der Waals surface area contributed by atoms with E-state index in [1.165, 1.54) is 33.2 Å². The van der Waals surface area contributed by atoms with Gasteiger partial charge in [-0.1, -0.05) is 30.3 Å². The lowest BCUT2D eigenvalue weighted by Gasteiger charge is -2.28. The Morgan fingerprint density at radius 3 is 2.54 bits per heavy atom. The maximum Gasteiger partial charge on any atom is 0.332 e. The summed E-state index contributed by atoms with van der Waals surface area (Å²) in [5.41, 5.74) is 0.393. The average Bonchev–Trinajstić information content (AvgIpc) is 2.86. The molecule has 2 heterocycles. The van der Waals surface area contributed by atoms with Crippen LogP contribution in [0, 0.1) is 5.92 Å². The van der Waals surface area contributed by atoms with Crippen molar-refractivity contribution in [3.8, 4) is 11.5 Å². The second kappa shape index (κ2) is 11.3. The summed E-state index contributed by atoms with van der Waals surface area (Å²) in [6.07, 6.45) is -0.746. The maximum absolute atomic E-state index is 13.0. The molecule has 3 rings (SSSR count). The second-order valence-corrected chi connectivity index (χ2v) is 7.88. The molecule has 11 nitrogen and oxygen atoms in total. The minimum absolute atomic E-state index is 0.00946. The lowest BCUT2D eigenvalue weighted by atomic mass is 9.91. The number of aromatic hydroxyl groups is 1. The van der Waals surface area contributed by atoms with Crippen LogP contribution >= 0.6 is 0 Å². The molecule has 0 spiro atoms. The number of methoxy groups -OCH3 is 1. The van der Waals surface area contributed by atoms with E-state index in [1.807, 2.05) is 6.07 Å². The SMILES string of the molecule is COc1ccnc(C(=O)N[C@H]2COC(=O)[C@H](Cc3ccccc3)[C@@H](OC(C)=O)[C@H](C)OC2=O)c1O. The number of nitrogens with one attached hydrogen (secondary N) is 1. The molecule has 1 fully saturated rings. The van der Waals surface area contributed by atoms with E-state index in [9.17, 15) is 24.3 Å². The minimum Gasteiger partial charge on any atom is -0.503 e. The first-order chi connectivity index (χ1) is 16.7. The number of benzene rings is 1. The molecule has 0 saturated carbocycles. The maximum atomic E-state index is 13.0. The molecule has 1 aliphatic heterocycles. The summed E-state index contributed by atoms with van der Waals surface area (Å²) in [5.74, 6) is -4.70. The van der Waals surface area contributed by atoms with Crippen molar-refractivity contribution in [3.05, 3.63) is 53.9 Å². The van der Waals surface area contributed by atoms with Gasteiger partial charge in [0.05, 0.1) is 7.11 Å². The van der Waals surface area contributed by atoms with E-state index in [4.69, 9.17) is 18.9 Å². The number of nitrogens with zero attached hydrogens (tertiary/aromatic N) is 1. The fraction of sp³-hybridized carbons (Fsp3) is 0.375. The molecule has 4 atom stereocenters. The summed E-state index contributed by atoms with van der Waals surface area (Å²) in [4.78, 5) is 54.2. The van der Waals surface area contributed by atoms with Crippen molar-refractivity contribution in [1.29, 1.82) is 0 Å². The highest BCUT2D eigenvalue weighted by Crippen LogP contribution is 2.28. The Kier molecular flexibility index (Phi) is 8.24. The normalized spacial score (nSPS) is 22.5. The van der Waals surface area contributed by atoms with Crippen LogP contribution in [0.5, 0.6) is 11.5 Å². The number of amides is 1. The first-order valence-corrected chi connectivity index (χ1v) is 10.8. The highest BCUT2D eigenvalue weighted by molar-refractivity contribution is 5.98. The highest BCUT2D eigenvalue weighted by Gasteiger charge is 2.41. The first-order valence-electron chi connectivity index (χ1n) is 10.8. The van der Waals surface area contributed by atoms with Gasteiger partial charge in [0.25, 0.3) is 5.91 Å². The third-order valence-electron chi connectivity index (χ3n) is 5.37. The van der Waals surface area contributed by atoms with Crippen LogP contribution in [0.15, 0.2) is 42.6 Å². The van der Waals surface area contributed by atoms with Gasteiger partial charge in [0, 0.05) is 19.2 Å². The summed E-state index contributed by atoms with van der Waals surface area (Å²) in [6.45, 7) is 2.12. The Hall–Kier alpha value is -4.15. The number of ether oxygens (including phenoxy) is 4. The average molecular weight is 486 g/mol. The Morgan fingerprint density at radius 2 is 1.89 bits per heavy atom. The van der Waals surface area contributed by atoms with Gasteiger partial charge in [-0.25, -0.2) is 9.78 Å². The van der Waals surface area contributed by atoms with Crippen molar-refractivity contribution in [1.82, 2.24) is 10.3 Å². The van der Waals surface area contributed by atoms with E-state index in [0.717, 1.165) is 5.56 Å². The number of rotatable bonds is 6. The van der Waals surface area contributed by atoms with E-state index in [2.05, 4.69) is 10.3 Å². The number of carbonyl (C=O) groups excluding carboxylic acids is 4. The van der Waals surface area contributed by atoms with Gasteiger partial charge < -0.3 is 29.4 Å². The van der Waals surface area contributed by atoms with E-state index in [-0.39, 0.29) is 12.2 Å². The molecule has 1 saturated heterocycles.